The van der Waals surface area contributed by atoms with Gasteiger partial charge in [-0.15, -0.1) is 0 Å². The van der Waals surface area contributed by atoms with Gasteiger partial charge in [0.2, 0.25) is 5.82 Å². The number of rotatable bonds is 4. The first-order valence-corrected chi connectivity index (χ1v) is 7.26. The minimum absolute atomic E-state index is 0.443. The zero-order valence-corrected chi connectivity index (χ0v) is 10.9. The summed E-state index contributed by atoms with van der Waals surface area (Å²) in [6.45, 7) is 0. The molecular weight excluding hydrogens is 253 g/mol. The molecule has 1 aromatic rings. The molecule has 0 aromatic heterocycles. The first kappa shape index (κ1) is 13.3. The zero-order valence-electron chi connectivity index (χ0n) is 10.1. The standard InChI is InChI=1S/C13H16FNO2S/c14-12-8-10(6-7-13(12)15(16)17)9-18-11-4-2-1-3-5-11/h6-8,11H,1-5,9H2. The van der Waals surface area contributed by atoms with Crippen molar-refractivity contribution in [3.05, 3.63) is 39.7 Å². The van der Waals surface area contributed by atoms with Crippen molar-refractivity contribution in [2.45, 2.75) is 43.1 Å². The molecule has 18 heavy (non-hydrogen) atoms. The van der Waals surface area contributed by atoms with E-state index in [2.05, 4.69) is 0 Å². The molecule has 0 N–H and O–H groups in total. The van der Waals surface area contributed by atoms with Gasteiger partial charge in [-0.05, 0) is 24.5 Å². The van der Waals surface area contributed by atoms with E-state index in [1.54, 1.807) is 6.07 Å². The average Bonchev–Trinajstić information content (AvgIpc) is 2.37. The average molecular weight is 269 g/mol. The van der Waals surface area contributed by atoms with E-state index in [0.29, 0.717) is 5.25 Å². The lowest BCUT2D eigenvalue weighted by molar-refractivity contribution is -0.387. The Labute approximate surface area is 110 Å². The summed E-state index contributed by atoms with van der Waals surface area (Å²) in [5.41, 5.74) is 0.384. The molecule has 1 aliphatic rings. The second-order valence-corrected chi connectivity index (χ2v) is 5.90. The predicted molar refractivity (Wildman–Crippen MR) is 71.2 cm³/mol. The smallest absolute Gasteiger partial charge is 0.258 e. The van der Waals surface area contributed by atoms with Crippen LogP contribution in [-0.4, -0.2) is 10.2 Å². The van der Waals surface area contributed by atoms with E-state index in [9.17, 15) is 14.5 Å². The van der Waals surface area contributed by atoms with Crippen molar-refractivity contribution in [3.8, 4) is 0 Å². The van der Waals surface area contributed by atoms with E-state index in [4.69, 9.17) is 0 Å². The van der Waals surface area contributed by atoms with Gasteiger partial charge in [-0.1, -0.05) is 25.3 Å². The minimum atomic E-state index is -0.734. The molecule has 1 aliphatic carbocycles. The Balaban J connectivity index is 1.93. The fourth-order valence-corrected chi connectivity index (χ4v) is 3.51. The Kier molecular flexibility index (Phi) is 4.58. The van der Waals surface area contributed by atoms with Crippen LogP contribution in [0, 0.1) is 15.9 Å². The van der Waals surface area contributed by atoms with E-state index in [0.717, 1.165) is 11.3 Å². The molecular formula is C13H16FNO2S. The molecule has 0 radical (unpaired) electrons. The van der Waals surface area contributed by atoms with Crippen molar-refractivity contribution >= 4 is 17.4 Å². The van der Waals surface area contributed by atoms with E-state index in [1.165, 1.54) is 44.2 Å². The lowest BCUT2D eigenvalue weighted by Crippen LogP contribution is -2.08. The number of nitrogens with zero attached hydrogens (tertiary/aromatic N) is 1. The summed E-state index contributed by atoms with van der Waals surface area (Å²) >= 11 is 1.84. The molecule has 0 aliphatic heterocycles. The number of hydrogen-bond acceptors (Lipinski definition) is 3. The first-order chi connectivity index (χ1) is 8.66. The lowest BCUT2D eigenvalue weighted by Gasteiger charge is -2.20. The van der Waals surface area contributed by atoms with Gasteiger partial charge in [0.05, 0.1) is 4.92 Å². The van der Waals surface area contributed by atoms with E-state index in [-0.39, 0.29) is 0 Å². The van der Waals surface area contributed by atoms with Crippen LogP contribution in [0.2, 0.25) is 0 Å². The van der Waals surface area contributed by atoms with Crippen LogP contribution < -0.4 is 0 Å². The Morgan fingerprint density at radius 1 is 1.33 bits per heavy atom. The molecule has 0 heterocycles. The fourth-order valence-electron chi connectivity index (χ4n) is 2.23. The molecule has 0 amide bonds. The van der Waals surface area contributed by atoms with Gasteiger partial charge in [0, 0.05) is 17.1 Å². The van der Waals surface area contributed by atoms with Crippen LogP contribution in [-0.2, 0) is 5.75 Å². The second kappa shape index (κ2) is 6.18. The van der Waals surface area contributed by atoms with Crippen LogP contribution in [0.3, 0.4) is 0 Å². The molecule has 5 heteroatoms. The maximum absolute atomic E-state index is 13.4. The molecule has 0 atom stereocenters. The topological polar surface area (TPSA) is 43.1 Å². The zero-order chi connectivity index (χ0) is 13.0. The van der Waals surface area contributed by atoms with E-state index >= 15 is 0 Å². The fraction of sp³-hybridized carbons (Fsp3) is 0.538. The van der Waals surface area contributed by atoms with Gasteiger partial charge in [0.1, 0.15) is 0 Å². The van der Waals surface area contributed by atoms with Crippen molar-refractivity contribution in [2.24, 2.45) is 0 Å². The Hall–Kier alpha value is -1.10. The molecule has 98 valence electrons. The molecule has 1 fully saturated rings. The highest BCUT2D eigenvalue weighted by atomic mass is 32.2. The van der Waals surface area contributed by atoms with E-state index in [1.807, 2.05) is 11.8 Å². The minimum Gasteiger partial charge on any atom is -0.258 e. The summed E-state index contributed by atoms with van der Waals surface area (Å²) in [7, 11) is 0. The van der Waals surface area contributed by atoms with Gasteiger partial charge in [-0.3, -0.25) is 10.1 Å². The highest BCUT2D eigenvalue weighted by molar-refractivity contribution is 7.99. The molecule has 0 bridgehead atoms. The quantitative estimate of drug-likeness (QED) is 0.604. The Morgan fingerprint density at radius 2 is 2.06 bits per heavy atom. The van der Waals surface area contributed by atoms with Crippen molar-refractivity contribution < 1.29 is 9.31 Å². The number of hydrogen-bond donors (Lipinski definition) is 0. The van der Waals surface area contributed by atoms with Crippen LogP contribution in [0.15, 0.2) is 18.2 Å². The first-order valence-electron chi connectivity index (χ1n) is 6.21. The van der Waals surface area contributed by atoms with E-state index < -0.39 is 16.4 Å². The maximum atomic E-state index is 13.4. The molecule has 0 unspecified atom stereocenters. The third kappa shape index (κ3) is 3.45. The van der Waals surface area contributed by atoms with Gasteiger partial charge in [-0.2, -0.15) is 16.2 Å². The number of thioether (sulfide) groups is 1. The summed E-state index contributed by atoms with van der Waals surface area (Å²) in [6, 6.07) is 4.19. The van der Waals surface area contributed by atoms with Crippen LogP contribution in [0.25, 0.3) is 0 Å². The number of nitro benzene ring substituents is 1. The number of nitro groups is 1. The van der Waals surface area contributed by atoms with Gasteiger partial charge < -0.3 is 0 Å². The SMILES string of the molecule is O=[N+]([O-])c1ccc(CSC2CCCCC2)cc1F. The highest BCUT2D eigenvalue weighted by Gasteiger charge is 2.16. The summed E-state index contributed by atoms with van der Waals surface area (Å²) in [5.74, 6) is 0.00120. The van der Waals surface area contributed by atoms with Crippen LogP contribution in [0.1, 0.15) is 37.7 Å². The molecule has 3 nitrogen and oxygen atoms in total. The third-order valence-corrected chi connectivity index (χ3v) is 4.69. The largest absolute Gasteiger partial charge is 0.304 e. The van der Waals surface area contributed by atoms with Crippen molar-refractivity contribution in [1.82, 2.24) is 0 Å². The highest BCUT2D eigenvalue weighted by Crippen LogP contribution is 2.31. The monoisotopic (exact) mass is 269 g/mol. The Morgan fingerprint density at radius 3 is 2.67 bits per heavy atom. The Bertz CT molecular complexity index is 433. The lowest BCUT2D eigenvalue weighted by atomic mass is 10.0. The normalized spacial score (nSPS) is 16.7. The molecule has 1 saturated carbocycles. The molecule has 0 saturated heterocycles. The summed E-state index contributed by atoms with van der Waals surface area (Å²) in [6.07, 6.45) is 6.36. The van der Waals surface area contributed by atoms with Gasteiger partial charge >= 0.3 is 5.69 Å². The van der Waals surface area contributed by atoms with Gasteiger partial charge in [0.25, 0.3) is 0 Å². The van der Waals surface area contributed by atoms with Crippen molar-refractivity contribution in [3.63, 3.8) is 0 Å². The van der Waals surface area contributed by atoms with Crippen LogP contribution in [0.5, 0.6) is 0 Å². The van der Waals surface area contributed by atoms with Gasteiger partial charge in [0.15, 0.2) is 0 Å². The van der Waals surface area contributed by atoms with Crippen LogP contribution >= 0.6 is 11.8 Å². The van der Waals surface area contributed by atoms with Crippen LogP contribution in [0.4, 0.5) is 10.1 Å². The molecule has 1 aromatic carbocycles. The predicted octanol–water partition coefficient (Wildman–Crippen LogP) is 4.30. The van der Waals surface area contributed by atoms with Crippen molar-refractivity contribution in [1.29, 1.82) is 0 Å². The second-order valence-electron chi connectivity index (χ2n) is 4.61. The number of halogens is 1. The third-order valence-electron chi connectivity index (χ3n) is 3.25. The molecule has 0 spiro atoms. The molecule has 2 rings (SSSR count). The maximum Gasteiger partial charge on any atom is 0.304 e. The number of benzene rings is 1. The summed E-state index contributed by atoms with van der Waals surface area (Å²) in [4.78, 5) is 9.81. The van der Waals surface area contributed by atoms with Gasteiger partial charge in [-0.25, -0.2) is 0 Å². The van der Waals surface area contributed by atoms with Crippen molar-refractivity contribution in [2.75, 3.05) is 0 Å². The summed E-state index contributed by atoms with van der Waals surface area (Å²) in [5, 5.41) is 11.2. The summed E-state index contributed by atoms with van der Waals surface area (Å²) < 4.78 is 13.4.